The van der Waals surface area contributed by atoms with Gasteiger partial charge in [-0.1, -0.05) is 0 Å². The fourth-order valence-electron chi connectivity index (χ4n) is 2.60. The number of nitrogens with one attached hydrogen (secondary N) is 1. The van der Waals surface area contributed by atoms with Gasteiger partial charge in [0, 0.05) is 17.3 Å². The van der Waals surface area contributed by atoms with Gasteiger partial charge < -0.3 is 5.11 Å². The van der Waals surface area contributed by atoms with Crippen LogP contribution in [0.25, 0.3) is 0 Å². The molecule has 0 atom stereocenters. The van der Waals surface area contributed by atoms with Crippen LogP contribution in [-0.2, 0) is 9.59 Å². The van der Waals surface area contributed by atoms with Crippen molar-refractivity contribution in [2.45, 2.75) is 39.5 Å². The quantitative estimate of drug-likeness (QED) is 0.880. The highest BCUT2D eigenvalue weighted by Gasteiger charge is 2.30. The number of rotatable bonds is 3. The van der Waals surface area contributed by atoms with Crippen LogP contribution in [-0.4, -0.2) is 27.0 Å². The largest absolute Gasteiger partial charge is 0.481 e. The zero-order valence-corrected chi connectivity index (χ0v) is 11.7. The van der Waals surface area contributed by atoms with Gasteiger partial charge in [-0.2, -0.15) is 0 Å². The Bertz CT molecular complexity index is 502. The number of carbonyl (C=O) groups is 2. The Morgan fingerprint density at radius 2 is 1.60 bits per heavy atom. The Morgan fingerprint density at radius 1 is 1.10 bits per heavy atom. The number of aryl methyl sites for hydroxylation is 2. The molecule has 0 radical (unpaired) electrons. The minimum Gasteiger partial charge on any atom is -0.481 e. The van der Waals surface area contributed by atoms with Crippen molar-refractivity contribution in [3.8, 4) is 0 Å². The van der Waals surface area contributed by atoms with E-state index in [-0.39, 0.29) is 17.7 Å². The van der Waals surface area contributed by atoms with E-state index in [9.17, 15) is 9.59 Å². The van der Waals surface area contributed by atoms with E-state index in [1.54, 1.807) is 0 Å². The van der Waals surface area contributed by atoms with Gasteiger partial charge in [-0.25, -0.2) is 9.97 Å². The van der Waals surface area contributed by atoms with E-state index in [1.165, 1.54) is 0 Å². The molecule has 1 aromatic rings. The molecule has 1 heterocycles. The third kappa shape index (κ3) is 3.53. The summed E-state index contributed by atoms with van der Waals surface area (Å²) in [5.41, 5.74) is 1.62. The predicted molar refractivity (Wildman–Crippen MR) is 73.2 cm³/mol. The number of aromatic nitrogens is 2. The number of nitrogens with zero attached hydrogens (tertiary/aromatic N) is 2. The van der Waals surface area contributed by atoms with Crippen molar-refractivity contribution < 1.29 is 14.7 Å². The van der Waals surface area contributed by atoms with Crippen molar-refractivity contribution in [2.75, 3.05) is 5.32 Å². The first-order chi connectivity index (χ1) is 9.45. The summed E-state index contributed by atoms with van der Waals surface area (Å²) in [6.07, 6.45) is 2.32. The molecular formula is C14H19N3O3. The molecule has 0 aromatic carbocycles. The number of hydrogen-bond donors (Lipinski definition) is 2. The van der Waals surface area contributed by atoms with Crippen LogP contribution in [0.3, 0.4) is 0 Å². The van der Waals surface area contributed by atoms with Gasteiger partial charge in [0.1, 0.15) is 0 Å². The van der Waals surface area contributed by atoms with E-state index < -0.39 is 5.97 Å². The van der Waals surface area contributed by atoms with Crippen LogP contribution >= 0.6 is 0 Å². The number of carboxylic acids is 1. The maximum absolute atomic E-state index is 12.1. The van der Waals surface area contributed by atoms with Gasteiger partial charge in [0.2, 0.25) is 11.9 Å². The molecule has 0 unspecified atom stereocenters. The molecule has 1 saturated carbocycles. The van der Waals surface area contributed by atoms with Gasteiger partial charge in [-0.3, -0.25) is 14.9 Å². The fourth-order valence-corrected chi connectivity index (χ4v) is 2.60. The van der Waals surface area contributed by atoms with Gasteiger partial charge in [-0.15, -0.1) is 0 Å². The van der Waals surface area contributed by atoms with Crippen LogP contribution in [0.1, 0.15) is 37.1 Å². The summed E-state index contributed by atoms with van der Waals surface area (Å²) in [7, 11) is 0. The highest BCUT2D eigenvalue weighted by atomic mass is 16.4. The Morgan fingerprint density at radius 3 is 2.10 bits per heavy atom. The van der Waals surface area contributed by atoms with E-state index in [2.05, 4.69) is 15.3 Å². The monoisotopic (exact) mass is 277 g/mol. The average Bonchev–Trinajstić information content (AvgIpc) is 2.37. The normalized spacial score (nSPS) is 22.3. The molecule has 1 amide bonds. The highest BCUT2D eigenvalue weighted by molar-refractivity contribution is 5.91. The molecule has 1 aliphatic rings. The molecule has 0 bridgehead atoms. The van der Waals surface area contributed by atoms with E-state index in [0.717, 1.165) is 11.4 Å². The molecule has 2 rings (SSSR count). The Hall–Kier alpha value is -1.98. The zero-order valence-electron chi connectivity index (χ0n) is 11.7. The maximum Gasteiger partial charge on any atom is 0.306 e. The first-order valence-electron chi connectivity index (χ1n) is 6.81. The first kappa shape index (κ1) is 14.4. The summed E-state index contributed by atoms with van der Waals surface area (Å²) in [5.74, 6) is -1.00. The van der Waals surface area contributed by atoms with Crippen LogP contribution in [0.2, 0.25) is 0 Å². The van der Waals surface area contributed by atoms with E-state index in [0.29, 0.717) is 31.6 Å². The molecule has 1 fully saturated rings. The topological polar surface area (TPSA) is 92.2 Å². The van der Waals surface area contributed by atoms with Crippen LogP contribution in [0.15, 0.2) is 6.07 Å². The second kappa shape index (κ2) is 5.98. The number of hydrogen-bond acceptors (Lipinski definition) is 4. The summed E-state index contributed by atoms with van der Waals surface area (Å²) in [4.78, 5) is 31.4. The smallest absolute Gasteiger partial charge is 0.306 e. The standard InChI is InChI=1S/C14H19N3O3/c1-8-7-9(2)16-14(15-8)17-12(18)10-3-5-11(6-4-10)13(19)20/h7,10-11H,3-6H2,1-2H3,(H,19,20)(H,15,16,17,18). The SMILES string of the molecule is Cc1cc(C)nc(NC(=O)C2CCC(C(=O)O)CC2)n1. The first-order valence-corrected chi connectivity index (χ1v) is 6.81. The molecule has 2 N–H and O–H groups in total. The lowest BCUT2D eigenvalue weighted by molar-refractivity contribution is -0.143. The lowest BCUT2D eigenvalue weighted by atomic mass is 9.81. The van der Waals surface area contributed by atoms with Crippen molar-refractivity contribution in [3.63, 3.8) is 0 Å². The number of carboxylic acid groups (broad SMARTS) is 1. The van der Waals surface area contributed by atoms with Crippen molar-refractivity contribution in [1.82, 2.24) is 9.97 Å². The molecule has 0 aliphatic heterocycles. The van der Waals surface area contributed by atoms with Crippen molar-refractivity contribution in [1.29, 1.82) is 0 Å². The van der Waals surface area contributed by atoms with E-state index in [1.807, 2.05) is 19.9 Å². The molecule has 108 valence electrons. The molecule has 6 heteroatoms. The number of carbonyl (C=O) groups excluding carboxylic acids is 1. The molecule has 6 nitrogen and oxygen atoms in total. The minimum absolute atomic E-state index is 0.112. The second-order valence-electron chi connectivity index (χ2n) is 5.35. The van der Waals surface area contributed by atoms with Gasteiger partial charge in [0.25, 0.3) is 0 Å². The fraction of sp³-hybridized carbons (Fsp3) is 0.571. The predicted octanol–water partition coefficient (Wildman–Crippen LogP) is 1.92. The van der Waals surface area contributed by atoms with E-state index >= 15 is 0 Å². The molecule has 1 aliphatic carbocycles. The molecular weight excluding hydrogens is 258 g/mol. The number of anilines is 1. The molecule has 20 heavy (non-hydrogen) atoms. The third-order valence-electron chi connectivity index (χ3n) is 3.66. The zero-order chi connectivity index (χ0) is 14.7. The molecule has 1 aromatic heterocycles. The van der Waals surface area contributed by atoms with Gasteiger partial charge in [0.15, 0.2) is 0 Å². The van der Waals surface area contributed by atoms with Gasteiger partial charge in [0.05, 0.1) is 5.92 Å². The Labute approximate surface area is 117 Å². The summed E-state index contributed by atoms with van der Waals surface area (Å²) >= 11 is 0. The Balaban J connectivity index is 1.94. The summed E-state index contributed by atoms with van der Waals surface area (Å²) < 4.78 is 0. The number of amides is 1. The van der Waals surface area contributed by atoms with Crippen molar-refractivity contribution in [2.24, 2.45) is 11.8 Å². The minimum atomic E-state index is -0.762. The van der Waals surface area contributed by atoms with Crippen LogP contribution in [0.4, 0.5) is 5.95 Å². The van der Waals surface area contributed by atoms with Gasteiger partial charge >= 0.3 is 5.97 Å². The lowest BCUT2D eigenvalue weighted by Gasteiger charge is -2.24. The Kier molecular flexibility index (Phi) is 4.32. The van der Waals surface area contributed by atoms with Crippen LogP contribution in [0.5, 0.6) is 0 Å². The maximum atomic E-state index is 12.1. The lowest BCUT2D eigenvalue weighted by Crippen LogP contribution is -2.30. The summed E-state index contributed by atoms with van der Waals surface area (Å²) in [6.45, 7) is 3.70. The third-order valence-corrected chi connectivity index (χ3v) is 3.66. The van der Waals surface area contributed by atoms with Crippen LogP contribution in [0, 0.1) is 25.7 Å². The van der Waals surface area contributed by atoms with Crippen molar-refractivity contribution >= 4 is 17.8 Å². The van der Waals surface area contributed by atoms with Gasteiger partial charge in [-0.05, 0) is 45.6 Å². The summed E-state index contributed by atoms with van der Waals surface area (Å²) in [6, 6.07) is 1.84. The summed E-state index contributed by atoms with van der Waals surface area (Å²) in [5, 5.41) is 11.7. The van der Waals surface area contributed by atoms with E-state index in [4.69, 9.17) is 5.11 Å². The van der Waals surface area contributed by atoms with Crippen LogP contribution < -0.4 is 5.32 Å². The highest BCUT2D eigenvalue weighted by Crippen LogP contribution is 2.29. The number of aliphatic carboxylic acids is 1. The molecule has 0 spiro atoms. The second-order valence-corrected chi connectivity index (χ2v) is 5.35. The average molecular weight is 277 g/mol. The van der Waals surface area contributed by atoms with Crippen molar-refractivity contribution in [3.05, 3.63) is 17.5 Å². The molecule has 0 saturated heterocycles.